The van der Waals surface area contributed by atoms with E-state index in [4.69, 9.17) is 10.7 Å². The molecular weight excluding hydrogens is 372 g/mol. The molecule has 0 unspecified atom stereocenters. The molecule has 0 saturated heterocycles. The third kappa shape index (κ3) is 4.31. The lowest BCUT2D eigenvalue weighted by atomic mass is 9.93. The summed E-state index contributed by atoms with van der Waals surface area (Å²) in [4.78, 5) is 23.8. The van der Waals surface area contributed by atoms with Crippen molar-refractivity contribution < 1.29 is 4.79 Å². The van der Waals surface area contributed by atoms with E-state index in [2.05, 4.69) is 59.5 Å². The van der Waals surface area contributed by atoms with Gasteiger partial charge in [0, 0.05) is 29.9 Å². The van der Waals surface area contributed by atoms with Crippen LogP contribution < -0.4 is 5.73 Å². The summed E-state index contributed by atoms with van der Waals surface area (Å²) in [6, 6.07) is 14.3. The van der Waals surface area contributed by atoms with Gasteiger partial charge in [0.1, 0.15) is 11.6 Å². The van der Waals surface area contributed by atoms with Crippen LogP contribution in [0.3, 0.4) is 0 Å². The van der Waals surface area contributed by atoms with Crippen LogP contribution in [0.2, 0.25) is 0 Å². The molecule has 2 aromatic heterocycles. The minimum atomic E-state index is -0.336. The average molecular weight is 403 g/mol. The number of benzene rings is 2. The minimum absolute atomic E-state index is 0.174. The van der Waals surface area contributed by atoms with Gasteiger partial charge in [-0.15, -0.1) is 0 Å². The quantitative estimate of drug-likeness (QED) is 0.372. The maximum absolute atomic E-state index is 12.3. The number of aromatic amines is 2. The van der Waals surface area contributed by atoms with Crippen molar-refractivity contribution in [3.63, 3.8) is 0 Å². The van der Waals surface area contributed by atoms with Gasteiger partial charge in [-0.05, 0) is 48.1 Å². The molecule has 0 radical (unpaired) electrons. The van der Waals surface area contributed by atoms with Crippen molar-refractivity contribution in [3.8, 4) is 0 Å². The summed E-state index contributed by atoms with van der Waals surface area (Å²) in [5.74, 6) is 1.38. The maximum atomic E-state index is 12.3. The van der Waals surface area contributed by atoms with Crippen LogP contribution in [-0.2, 0) is 17.6 Å². The molecule has 0 bridgehead atoms. The topological polar surface area (TPSA) is 87.6 Å². The summed E-state index contributed by atoms with van der Waals surface area (Å²) in [6.45, 7) is 4.12. The summed E-state index contributed by atoms with van der Waals surface area (Å²) >= 11 is 0. The number of hydrogen-bond acceptors (Lipinski definition) is 3. The highest BCUT2D eigenvalue weighted by Crippen LogP contribution is 2.22. The summed E-state index contributed by atoms with van der Waals surface area (Å²) in [5.41, 5.74) is 11.7. The molecule has 0 aliphatic heterocycles. The Morgan fingerprint density at radius 3 is 2.83 bits per heavy atom. The summed E-state index contributed by atoms with van der Waals surface area (Å²) in [5, 5.41) is 1.24. The number of Topliss-reactive ketones (excluding diaryl/α,β-unsaturated/α-hetero) is 1. The molecule has 0 amide bonds. The van der Waals surface area contributed by atoms with E-state index in [1.54, 1.807) is 0 Å². The number of aromatic nitrogens is 3. The van der Waals surface area contributed by atoms with Crippen LogP contribution in [0.25, 0.3) is 21.9 Å². The van der Waals surface area contributed by atoms with Crippen molar-refractivity contribution in [2.45, 2.75) is 52.0 Å². The van der Waals surface area contributed by atoms with Crippen molar-refractivity contribution in [1.29, 1.82) is 0 Å². The molecule has 4 N–H and O–H groups in total. The zero-order valence-corrected chi connectivity index (χ0v) is 17.7. The highest BCUT2D eigenvalue weighted by Gasteiger charge is 2.18. The molecular formula is C25H30N4O. The number of para-hydroxylation sites is 1. The van der Waals surface area contributed by atoms with Crippen LogP contribution in [0.1, 0.15) is 50.1 Å². The van der Waals surface area contributed by atoms with E-state index in [0.717, 1.165) is 48.1 Å². The second-order valence-corrected chi connectivity index (χ2v) is 8.30. The zero-order valence-electron chi connectivity index (χ0n) is 17.7. The number of rotatable bonds is 9. The van der Waals surface area contributed by atoms with Gasteiger partial charge in [0.15, 0.2) is 0 Å². The Morgan fingerprint density at radius 2 is 2.00 bits per heavy atom. The number of ketones is 1. The first-order valence-corrected chi connectivity index (χ1v) is 10.9. The number of nitrogens with one attached hydrogen (secondary N) is 2. The van der Waals surface area contributed by atoms with Gasteiger partial charge < -0.3 is 15.7 Å². The highest BCUT2D eigenvalue weighted by molar-refractivity contribution is 5.84. The second-order valence-electron chi connectivity index (χ2n) is 8.30. The number of carbonyl (C=O) groups is 1. The van der Waals surface area contributed by atoms with Crippen molar-refractivity contribution in [1.82, 2.24) is 15.0 Å². The third-order valence-electron chi connectivity index (χ3n) is 6.15. The van der Waals surface area contributed by atoms with E-state index in [9.17, 15) is 4.79 Å². The molecule has 0 saturated carbocycles. The first-order valence-electron chi connectivity index (χ1n) is 10.9. The van der Waals surface area contributed by atoms with Crippen molar-refractivity contribution in [3.05, 3.63) is 65.6 Å². The van der Waals surface area contributed by atoms with Crippen LogP contribution in [0, 0.1) is 5.92 Å². The van der Waals surface area contributed by atoms with Gasteiger partial charge in [-0.2, -0.15) is 0 Å². The molecule has 0 aliphatic rings. The molecule has 0 fully saturated rings. The van der Waals surface area contributed by atoms with Gasteiger partial charge >= 0.3 is 0 Å². The van der Waals surface area contributed by atoms with Crippen LogP contribution >= 0.6 is 0 Å². The number of fused-ring (bicyclic) bond motifs is 2. The highest BCUT2D eigenvalue weighted by atomic mass is 16.1. The molecule has 2 heterocycles. The molecule has 4 aromatic rings. The summed E-state index contributed by atoms with van der Waals surface area (Å²) in [6.07, 6.45) is 5.99. The fraction of sp³-hybridized carbons (Fsp3) is 0.360. The largest absolute Gasteiger partial charge is 0.361 e. The SMILES string of the molecule is CC[C@H](C)[C@H](N)C(=O)CCCc1ccc2nc(Cc3c[nH]c4ccccc34)[nH]c2c1. The van der Waals surface area contributed by atoms with E-state index >= 15 is 0 Å². The lowest BCUT2D eigenvalue weighted by Gasteiger charge is -2.16. The standard InChI is InChI=1S/C25H30N4O/c1-3-16(2)25(26)23(30)10-6-7-17-11-12-21-22(13-17)29-24(28-21)14-18-15-27-20-9-5-4-8-19(18)20/h4-5,8-9,11-13,15-16,25,27H,3,6-7,10,14,26H2,1-2H3,(H,28,29)/t16-,25-/m0/s1. The normalized spacial score (nSPS) is 13.7. The van der Waals surface area contributed by atoms with Crippen molar-refractivity contribution >= 4 is 27.7 Å². The number of hydrogen-bond donors (Lipinski definition) is 3. The Morgan fingerprint density at radius 1 is 1.17 bits per heavy atom. The maximum Gasteiger partial charge on any atom is 0.149 e. The Balaban J connectivity index is 1.41. The summed E-state index contributed by atoms with van der Waals surface area (Å²) < 4.78 is 0. The fourth-order valence-electron chi connectivity index (χ4n) is 4.01. The number of imidazole rings is 1. The second kappa shape index (κ2) is 8.84. The molecule has 0 aliphatic carbocycles. The molecule has 2 aromatic carbocycles. The van der Waals surface area contributed by atoms with Gasteiger partial charge in [-0.25, -0.2) is 4.98 Å². The fourth-order valence-corrected chi connectivity index (χ4v) is 4.01. The summed E-state index contributed by atoms with van der Waals surface area (Å²) in [7, 11) is 0. The lowest BCUT2D eigenvalue weighted by Crippen LogP contribution is -2.36. The molecule has 4 rings (SSSR count). The predicted molar refractivity (Wildman–Crippen MR) is 123 cm³/mol. The van der Waals surface area contributed by atoms with E-state index < -0.39 is 0 Å². The lowest BCUT2D eigenvalue weighted by molar-refractivity contribution is -0.121. The predicted octanol–water partition coefficient (Wildman–Crippen LogP) is 4.90. The molecule has 5 heteroatoms. The first-order chi connectivity index (χ1) is 14.5. The number of nitrogens with zero attached hydrogens (tertiary/aromatic N) is 1. The van der Waals surface area contributed by atoms with Crippen molar-refractivity contribution in [2.24, 2.45) is 11.7 Å². The smallest absolute Gasteiger partial charge is 0.149 e. The number of aryl methyl sites for hydroxylation is 1. The van der Waals surface area contributed by atoms with Crippen LogP contribution in [0.4, 0.5) is 0 Å². The van der Waals surface area contributed by atoms with Gasteiger partial charge in [-0.3, -0.25) is 4.79 Å². The van der Waals surface area contributed by atoms with Gasteiger partial charge in [0.2, 0.25) is 0 Å². The molecule has 156 valence electrons. The first kappa shape index (κ1) is 20.4. The van der Waals surface area contributed by atoms with Crippen LogP contribution in [-0.4, -0.2) is 26.8 Å². The van der Waals surface area contributed by atoms with E-state index in [1.165, 1.54) is 16.5 Å². The molecule has 0 spiro atoms. The minimum Gasteiger partial charge on any atom is -0.361 e. The van der Waals surface area contributed by atoms with E-state index in [1.807, 2.05) is 13.0 Å². The van der Waals surface area contributed by atoms with E-state index in [-0.39, 0.29) is 17.7 Å². The van der Waals surface area contributed by atoms with E-state index in [0.29, 0.717) is 6.42 Å². The van der Waals surface area contributed by atoms with Crippen molar-refractivity contribution in [2.75, 3.05) is 0 Å². The molecule has 2 atom stereocenters. The Bertz CT molecular complexity index is 1160. The zero-order chi connectivity index (χ0) is 21.1. The monoisotopic (exact) mass is 402 g/mol. The Labute approximate surface area is 177 Å². The van der Waals surface area contributed by atoms with Gasteiger partial charge in [0.05, 0.1) is 17.1 Å². The van der Waals surface area contributed by atoms with Crippen LogP contribution in [0.5, 0.6) is 0 Å². The Kier molecular flexibility index (Phi) is 6.00. The number of nitrogens with two attached hydrogens (primary N) is 1. The molecule has 5 nitrogen and oxygen atoms in total. The molecule has 30 heavy (non-hydrogen) atoms. The average Bonchev–Trinajstić information content (AvgIpc) is 3.36. The van der Waals surface area contributed by atoms with Gasteiger partial charge in [0.25, 0.3) is 0 Å². The Hall–Kier alpha value is -2.92. The number of carbonyl (C=O) groups excluding carboxylic acids is 1. The third-order valence-corrected chi connectivity index (χ3v) is 6.15. The van der Waals surface area contributed by atoms with Crippen LogP contribution in [0.15, 0.2) is 48.7 Å². The van der Waals surface area contributed by atoms with Gasteiger partial charge in [-0.1, -0.05) is 44.5 Å². The number of H-pyrrole nitrogens is 2.